The fourth-order valence-electron chi connectivity index (χ4n) is 4.16. The van der Waals surface area contributed by atoms with Crippen molar-refractivity contribution in [1.29, 1.82) is 0 Å². The summed E-state index contributed by atoms with van der Waals surface area (Å²) in [4.78, 5) is 18.4. The number of likely N-dealkylation sites (tertiary alicyclic amines) is 1. The van der Waals surface area contributed by atoms with Crippen molar-refractivity contribution in [3.05, 3.63) is 47.4 Å². The number of nitrogens with zero attached hydrogens (tertiary/aromatic N) is 3. The van der Waals surface area contributed by atoms with E-state index in [9.17, 15) is 4.79 Å². The standard InChI is InChI=1S/C23H30N4O2/c1-15-20(14-27(25-15)23(2,3)4)22(28)26-10-8-16(9-11-26)19-13-24-21-7-6-17(29-5)12-18(19)21/h6-7,12-14,16,24H,8-11H2,1-5H3. The van der Waals surface area contributed by atoms with E-state index in [1.54, 1.807) is 7.11 Å². The monoisotopic (exact) mass is 394 g/mol. The van der Waals surface area contributed by atoms with Crippen LogP contribution in [0.25, 0.3) is 10.9 Å². The van der Waals surface area contributed by atoms with Gasteiger partial charge in [0.05, 0.1) is 23.9 Å². The molecule has 0 aliphatic carbocycles. The number of methoxy groups -OCH3 is 1. The number of hydrogen-bond acceptors (Lipinski definition) is 3. The Morgan fingerprint density at radius 3 is 2.59 bits per heavy atom. The molecule has 4 rings (SSSR count). The fraction of sp³-hybridized carbons (Fsp3) is 0.478. The molecule has 1 fully saturated rings. The van der Waals surface area contributed by atoms with Crippen LogP contribution in [0, 0.1) is 6.92 Å². The van der Waals surface area contributed by atoms with E-state index < -0.39 is 0 Å². The summed E-state index contributed by atoms with van der Waals surface area (Å²) in [5.41, 5.74) is 3.84. The molecule has 0 bridgehead atoms. The lowest BCUT2D eigenvalue weighted by Gasteiger charge is -2.32. The molecule has 1 aliphatic heterocycles. The topological polar surface area (TPSA) is 63.1 Å². The largest absolute Gasteiger partial charge is 0.497 e. The number of rotatable bonds is 3. The number of benzene rings is 1. The number of carbonyl (C=O) groups is 1. The first-order valence-electron chi connectivity index (χ1n) is 10.3. The number of nitrogens with one attached hydrogen (secondary N) is 1. The molecule has 1 saturated heterocycles. The van der Waals surface area contributed by atoms with Crippen LogP contribution >= 0.6 is 0 Å². The van der Waals surface area contributed by atoms with Gasteiger partial charge in [0.2, 0.25) is 0 Å². The lowest BCUT2D eigenvalue weighted by molar-refractivity contribution is 0.0712. The van der Waals surface area contributed by atoms with E-state index in [1.165, 1.54) is 10.9 Å². The molecule has 154 valence electrons. The minimum atomic E-state index is -0.132. The summed E-state index contributed by atoms with van der Waals surface area (Å²) in [6, 6.07) is 6.14. The van der Waals surface area contributed by atoms with E-state index in [2.05, 4.69) is 49.2 Å². The zero-order chi connectivity index (χ0) is 20.8. The van der Waals surface area contributed by atoms with Gasteiger partial charge in [0.1, 0.15) is 5.75 Å². The van der Waals surface area contributed by atoms with Gasteiger partial charge in [-0.2, -0.15) is 5.10 Å². The van der Waals surface area contributed by atoms with Crippen molar-refractivity contribution in [1.82, 2.24) is 19.7 Å². The molecule has 0 spiro atoms. The number of aromatic amines is 1. The van der Waals surface area contributed by atoms with E-state index in [-0.39, 0.29) is 11.4 Å². The number of piperidine rings is 1. The number of carbonyl (C=O) groups excluding carboxylic acids is 1. The molecule has 6 heteroatoms. The average Bonchev–Trinajstić information content (AvgIpc) is 3.30. The van der Waals surface area contributed by atoms with Crippen LogP contribution in [-0.4, -0.2) is 45.8 Å². The molecule has 3 aromatic rings. The Kier molecular flexibility index (Phi) is 4.89. The van der Waals surface area contributed by atoms with Crippen LogP contribution in [0.1, 0.15) is 61.1 Å². The van der Waals surface area contributed by atoms with Gasteiger partial charge < -0.3 is 14.6 Å². The smallest absolute Gasteiger partial charge is 0.257 e. The van der Waals surface area contributed by atoms with Crippen molar-refractivity contribution >= 4 is 16.8 Å². The Morgan fingerprint density at radius 1 is 1.24 bits per heavy atom. The molecule has 0 unspecified atom stereocenters. The second-order valence-corrected chi connectivity index (χ2v) is 8.97. The van der Waals surface area contributed by atoms with Gasteiger partial charge in [0.15, 0.2) is 0 Å². The van der Waals surface area contributed by atoms with Gasteiger partial charge in [-0.05, 0) is 70.2 Å². The van der Waals surface area contributed by atoms with Crippen LogP contribution < -0.4 is 4.74 Å². The maximum absolute atomic E-state index is 13.1. The van der Waals surface area contributed by atoms with E-state index in [1.807, 2.05) is 28.8 Å². The van der Waals surface area contributed by atoms with Crippen LogP contribution in [-0.2, 0) is 5.54 Å². The lowest BCUT2D eigenvalue weighted by Crippen LogP contribution is -2.38. The Balaban J connectivity index is 1.49. The second-order valence-electron chi connectivity index (χ2n) is 8.97. The average molecular weight is 395 g/mol. The van der Waals surface area contributed by atoms with Gasteiger partial charge >= 0.3 is 0 Å². The summed E-state index contributed by atoms with van der Waals surface area (Å²) < 4.78 is 7.28. The Morgan fingerprint density at radius 2 is 1.97 bits per heavy atom. The summed E-state index contributed by atoms with van der Waals surface area (Å²) in [7, 11) is 1.70. The molecular weight excluding hydrogens is 364 g/mol. The molecule has 6 nitrogen and oxygen atoms in total. The molecule has 1 aliphatic rings. The molecule has 1 amide bonds. The summed E-state index contributed by atoms with van der Waals surface area (Å²) in [6.45, 7) is 9.72. The first-order chi connectivity index (χ1) is 13.8. The maximum Gasteiger partial charge on any atom is 0.257 e. The number of aromatic nitrogens is 3. The fourth-order valence-corrected chi connectivity index (χ4v) is 4.16. The van der Waals surface area contributed by atoms with Crippen molar-refractivity contribution < 1.29 is 9.53 Å². The normalized spacial score (nSPS) is 15.8. The van der Waals surface area contributed by atoms with Gasteiger partial charge in [-0.25, -0.2) is 0 Å². The second kappa shape index (κ2) is 7.25. The minimum Gasteiger partial charge on any atom is -0.497 e. The van der Waals surface area contributed by atoms with Crippen molar-refractivity contribution in [2.75, 3.05) is 20.2 Å². The molecule has 1 aromatic carbocycles. The van der Waals surface area contributed by atoms with Gasteiger partial charge in [0, 0.05) is 36.4 Å². The number of amides is 1. The molecule has 1 N–H and O–H groups in total. The number of ether oxygens (including phenoxy) is 1. The first-order valence-corrected chi connectivity index (χ1v) is 10.3. The van der Waals surface area contributed by atoms with E-state index in [4.69, 9.17) is 4.74 Å². The highest BCUT2D eigenvalue weighted by atomic mass is 16.5. The Bertz CT molecular complexity index is 1030. The highest BCUT2D eigenvalue weighted by Gasteiger charge is 2.28. The quantitative estimate of drug-likeness (QED) is 0.713. The van der Waals surface area contributed by atoms with Crippen LogP contribution in [0.4, 0.5) is 0 Å². The highest BCUT2D eigenvalue weighted by Crippen LogP contribution is 2.35. The number of H-pyrrole nitrogens is 1. The molecule has 3 heterocycles. The maximum atomic E-state index is 13.1. The third-order valence-corrected chi connectivity index (χ3v) is 5.96. The predicted molar refractivity (Wildman–Crippen MR) is 115 cm³/mol. The molecule has 2 aromatic heterocycles. The van der Waals surface area contributed by atoms with Gasteiger partial charge in [-0.15, -0.1) is 0 Å². The van der Waals surface area contributed by atoms with Crippen molar-refractivity contribution in [2.24, 2.45) is 0 Å². The summed E-state index contributed by atoms with van der Waals surface area (Å²) >= 11 is 0. The zero-order valence-corrected chi connectivity index (χ0v) is 18.0. The highest BCUT2D eigenvalue weighted by molar-refractivity contribution is 5.95. The van der Waals surface area contributed by atoms with E-state index >= 15 is 0 Å². The first kappa shape index (κ1) is 19.6. The van der Waals surface area contributed by atoms with Gasteiger partial charge in [0.25, 0.3) is 5.91 Å². The Hall–Kier alpha value is -2.76. The molecule has 0 atom stereocenters. The van der Waals surface area contributed by atoms with Crippen LogP contribution in [0.2, 0.25) is 0 Å². The van der Waals surface area contributed by atoms with Crippen LogP contribution in [0.15, 0.2) is 30.6 Å². The van der Waals surface area contributed by atoms with E-state index in [0.717, 1.165) is 48.5 Å². The lowest BCUT2D eigenvalue weighted by atomic mass is 9.89. The Labute approximate surface area is 171 Å². The molecular formula is C23H30N4O2. The van der Waals surface area contributed by atoms with Crippen LogP contribution in [0.5, 0.6) is 5.75 Å². The number of fused-ring (bicyclic) bond motifs is 1. The molecule has 0 radical (unpaired) electrons. The summed E-state index contributed by atoms with van der Waals surface area (Å²) in [6.07, 6.45) is 5.93. The minimum absolute atomic E-state index is 0.0945. The summed E-state index contributed by atoms with van der Waals surface area (Å²) in [5, 5.41) is 5.78. The van der Waals surface area contributed by atoms with Crippen molar-refractivity contribution in [3.8, 4) is 5.75 Å². The third-order valence-electron chi connectivity index (χ3n) is 5.96. The van der Waals surface area contributed by atoms with Crippen LogP contribution in [0.3, 0.4) is 0 Å². The molecule has 29 heavy (non-hydrogen) atoms. The molecule has 0 saturated carbocycles. The van der Waals surface area contributed by atoms with Gasteiger partial charge in [-0.3, -0.25) is 9.48 Å². The van der Waals surface area contributed by atoms with Gasteiger partial charge in [-0.1, -0.05) is 0 Å². The summed E-state index contributed by atoms with van der Waals surface area (Å²) in [5.74, 6) is 1.41. The van der Waals surface area contributed by atoms with Crippen molar-refractivity contribution in [2.45, 2.75) is 52.0 Å². The zero-order valence-electron chi connectivity index (χ0n) is 18.0. The number of aryl methyl sites for hydroxylation is 1. The third kappa shape index (κ3) is 3.63. The predicted octanol–water partition coefficient (Wildman–Crippen LogP) is 4.46. The SMILES string of the molecule is COc1ccc2[nH]cc(C3CCN(C(=O)c4cn(C(C)(C)C)nc4C)CC3)c2c1. The van der Waals surface area contributed by atoms with Crippen molar-refractivity contribution in [3.63, 3.8) is 0 Å². The number of hydrogen-bond donors (Lipinski definition) is 1. The van der Waals surface area contributed by atoms with E-state index in [0.29, 0.717) is 5.92 Å².